The molecule has 1 unspecified atom stereocenters. The van der Waals surface area contributed by atoms with Crippen molar-refractivity contribution in [2.24, 2.45) is 0 Å². The van der Waals surface area contributed by atoms with Crippen LogP contribution in [0.4, 0.5) is 11.5 Å². The first-order valence-corrected chi connectivity index (χ1v) is 5.10. The molecular formula is C11H16N4O. The van der Waals surface area contributed by atoms with Crippen LogP contribution in [0.3, 0.4) is 0 Å². The highest BCUT2D eigenvalue weighted by atomic mass is 16.3. The van der Waals surface area contributed by atoms with E-state index in [1.165, 1.54) is 0 Å². The quantitative estimate of drug-likeness (QED) is 0.781. The summed E-state index contributed by atoms with van der Waals surface area (Å²) in [5.41, 5.74) is 6.62. The van der Waals surface area contributed by atoms with E-state index < -0.39 is 0 Å². The van der Waals surface area contributed by atoms with Gasteiger partial charge in [-0.25, -0.2) is 4.98 Å². The smallest absolute Gasteiger partial charge is 0.152 e. The third-order valence-corrected chi connectivity index (χ3v) is 2.33. The fourth-order valence-corrected chi connectivity index (χ4v) is 1.35. The van der Waals surface area contributed by atoms with Crippen LogP contribution in [0, 0.1) is 11.3 Å². The number of nitrogens with two attached hydrogens (primary N) is 1. The number of aromatic nitrogens is 1. The molecule has 0 aromatic carbocycles. The van der Waals surface area contributed by atoms with Gasteiger partial charge in [-0.1, -0.05) is 0 Å². The number of nitrogen functional groups attached to an aromatic ring is 1. The second-order valence-corrected chi connectivity index (χ2v) is 3.77. The van der Waals surface area contributed by atoms with Crippen LogP contribution in [0.1, 0.15) is 18.9 Å². The third kappa shape index (κ3) is 2.84. The molecule has 5 nitrogen and oxygen atoms in total. The highest BCUT2D eigenvalue weighted by Crippen LogP contribution is 2.22. The maximum atomic E-state index is 9.19. The van der Waals surface area contributed by atoms with Gasteiger partial charge in [-0.3, -0.25) is 0 Å². The van der Waals surface area contributed by atoms with Gasteiger partial charge in [0.2, 0.25) is 0 Å². The minimum atomic E-state index is -0.358. The lowest BCUT2D eigenvalue weighted by atomic mass is 10.2. The van der Waals surface area contributed by atoms with Crippen molar-refractivity contribution in [3.8, 4) is 6.07 Å². The zero-order valence-electron chi connectivity index (χ0n) is 9.51. The van der Waals surface area contributed by atoms with Gasteiger partial charge in [-0.2, -0.15) is 5.26 Å². The number of hydrogen-bond donors (Lipinski definition) is 2. The van der Waals surface area contributed by atoms with E-state index in [9.17, 15) is 5.11 Å². The molecule has 0 aliphatic carbocycles. The Morgan fingerprint density at radius 1 is 1.69 bits per heavy atom. The molecule has 0 aliphatic rings. The molecule has 16 heavy (non-hydrogen) atoms. The molecule has 0 amide bonds. The van der Waals surface area contributed by atoms with Crippen molar-refractivity contribution in [2.45, 2.75) is 19.4 Å². The molecular weight excluding hydrogens is 204 g/mol. The molecule has 0 aliphatic heterocycles. The molecule has 1 aromatic rings. The minimum Gasteiger partial charge on any atom is -0.395 e. The molecule has 0 fully saturated rings. The molecule has 86 valence electrons. The maximum absolute atomic E-state index is 9.19. The van der Waals surface area contributed by atoms with Gasteiger partial charge >= 0.3 is 0 Å². The molecule has 0 radical (unpaired) electrons. The highest BCUT2D eigenvalue weighted by Gasteiger charge is 2.10. The van der Waals surface area contributed by atoms with Gasteiger partial charge in [0, 0.05) is 19.8 Å². The van der Waals surface area contributed by atoms with E-state index in [0.717, 1.165) is 0 Å². The lowest BCUT2D eigenvalue weighted by Crippen LogP contribution is -2.24. The van der Waals surface area contributed by atoms with Crippen molar-refractivity contribution in [1.29, 1.82) is 5.26 Å². The number of aliphatic hydroxyl groups excluding tert-OH is 1. The van der Waals surface area contributed by atoms with Gasteiger partial charge in [-0.15, -0.1) is 0 Å². The molecule has 1 atom stereocenters. The standard InChI is InChI=1S/C11H16N4O/c1-8(16)4-6-15(2)11-10(13)9(7-12)3-5-14-11/h3,5,8,16H,4,6,13H2,1-2H3. The Morgan fingerprint density at radius 2 is 2.38 bits per heavy atom. The molecule has 0 spiro atoms. The number of pyridine rings is 1. The number of aliphatic hydroxyl groups is 1. The first kappa shape index (κ1) is 12.3. The van der Waals surface area contributed by atoms with Crippen molar-refractivity contribution >= 4 is 11.5 Å². The second-order valence-electron chi connectivity index (χ2n) is 3.77. The monoisotopic (exact) mass is 220 g/mol. The van der Waals surface area contributed by atoms with Crippen molar-refractivity contribution in [3.05, 3.63) is 17.8 Å². The van der Waals surface area contributed by atoms with E-state index in [0.29, 0.717) is 30.0 Å². The summed E-state index contributed by atoms with van der Waals surface area (Å²) in [4.78, 5) is 5.97. The molecule has 0 bridgehead atoms. The maximum Gasteiger partial charge on any atom is 0.152 e. The normalized spacial score (nSPS) is 11.9. The number of nitriles is 1. The predicted octanol–water partition coefficient (Wildman–Crippen LogP) is 0.743. The Morgan fingerprint density at radius 3 is 2.94 bits per heavy atom. The Hall–Kier alpha value is -1.80. The first-order valence-electron chi connectivity index (χ1n) is 5.10. The SMILES string of the molecule is CC(O)CCN(C)c1nccc(C#N)c1N. The lowest BCUT2D eigenvalue weighted by Gasteiger charge is -2.20. The summed E-state index contributed by atoms with van der Waals surface area (Å²) >= 11 is 0. The predicted molar refractivity (Wildman–Crippen MR) is 62.9 cm³/mol. The molecule has 1 rings (SSSR count). The van der Waals surface area contributed by atoms with Gasteiger partial charge in [0.15, 0.2) is 5.82 Å². The Kier molecular flexibility index (Phi) is 4.09. The van der Waals surface area contributed by atoms with Crippen molar-refractivity contribution in [1.82, 2.24) is 4.98 Å². The van der Waals surface area contributed by atoms with Crippen LogP contribution in [0.25, 0.3) is 0 Å². The van der Waals surface area contributed by atoms with E-state index in [2.05, 4.69) is 4.98 Å². The van der Waals surface area contributed by atoms with Gasteiger partial charge in [0.25, 0.3) is 0 Å². The Labute approximate surface area is 95.1 Å². The number of hydrogen-bond acceptors (Lipinski definition) is 5. The number of rotatable bonds is 4. The summed E-state index contributed by atoms with van der Waals surface area (Å²) in [5.74, 6) is 0.583. The van der Waals surface area contributed by atoms with E-state index in [-0.39, 0.29) is 6.10 Å². The molecule has 0 saturated carbocycles. The van der Waals surface area contributed by atoms with Crippen LogP contribution in [0.2, 0.25) is 0 Å². The summed E-state index contributed by atoms with van der Waals surface area (Å²) in [7, 11) is 1.84. The first-order chi connectivity index (χ1) is 7.56. The van der Waals surface area contributed by atoms with Gasteiger partial charge in [0.05, 0.1) is 17.4 Å². The molecule has 5 heteroatoms. The van der Waals surface area contributed by atoms with Crippen molar-refractivity contribution in [3.63, 3.8) is 0 Å². The van der Waals surface area contributed by atoms with Gasteiger partial charge in [0.1, 0.15) is 6.07 Å². The Bertz CT molecular complexity index is 397. The van der Waals surface area contributed by atoms with E-state index in [4.69, 9.17) is 11.0 Å². The fourth-order valence-electron chi connectivity index (χ4n) is 1.35. The second kappa shape index (κ2) is 5.33. The third-order valence-electron chi connectivity index (χ3n) is 2.33. The average Bonchev–Trinajstić information content (AvgIpc) is 2.26. The summed E-state index contributed by atoms with van der Waals surface area (Å²) in [6.07, 6.45) is 1.83. The molecule has 1 heterocycles. The van der Waals surface area contributed by atoms with Crippen molar-refractivity contribution < 1.29 is 5.11 Å². The Balaban J connectivity index is 2.84. The van der Waals surface area contributed by atoms with Gasteiger partial charge in [-0.05, 0) is 19.4 Å². The van der Waals surface area contributed by atoms with Crippen LogP contribution >= 0.6 is 0 Å². The lowest BCUT2D eigenvalue weighted by molar-refractivity contribution is 0.187. The summed E-state index contributed by atoms with van der Waals surface area (Å²) in [6, 6.07) is 3.60. The average molecular weight is 220 g/mol. The van der Waals surface area contributed by atoms with Crippen LogP contribution in [-0.2, 0) is 0 Å². The summed E-state index contributed by atoms with van der Waals surface area (Å²) in [5, 5.41) is 18.0. The van der Waals surface area contributed by atoms with E-state index >= 15 is 0 Å². The van der Waals surface area contributed by atoms with Crippen LogP contribution in [0.5, 0.6) is 0 Å². The molecule has 0 saturated heterocycles. The summed E-state index contributed by atoms with van der Waals surface area (Å²) < 4.78 is 0. The van der Waals surface area contributed by atoms with Gasteiger partial charge < -0.3 is 15.7 Å². The minimum absolute atomic E-state index is 0.358. The zero-order chi connectivity index (χ0) is 12.1. The van der Waals surface area contributed by atoms with E-state index in [1.807, 2.05) is 18.0 Å². The number of nitrogens with zero attached hydrogens (tertiary/aromatic N) is 3. The topological polar surface area (TPSA) is 86.2 Å². The number of anilines is 2. The molecule has 3 N–H and O–H groups in total. The fraction of sp³-hybridized carbons (Fsp3) is 0.455. The van der Waals surface area contributed by atoms with Crippen LogP contribution in [-0.4, -0.2) is 29.8 Å². The summed E-state index contributed by atoms with van der Waals surface area (Å²) in [6.45, 7) is 2.38. The van der Waals surface area contributed by atoms with E-state index in [1.54, 1.807) is 19.2 Å². The van der Waals surface area contributed by atoms with Crippen molar-refractivity contribution in [2.75, 3.05) is 24.2 Å². The highest BCUT2D eigenvalue weighted by molar-refractivity contribution is 5.69. The van der Waals surface area contributed by atoms with Crippen LogP contribution < -0.4 is 10.6 Å². The zero-order valence-corrected chi connectivity index (χ0v) is 9.51. The largest absolute Gasteiger partial charge is 0.395 e. The molecule has 1 aromatic heterocycles. The van der Waals surface area contributed by atoms with Crippen LogP contribution in [0.15, 0.2) is 12.3 Å².